The quantitative estimate of drug-likeness (QED) is 0.717. The molecular formula is C15H20O3. The first-order valence-corrected chi connectivity index (χ1v) is 6.53. The lowest BCUT2D eigenvalue weighted by molar-refractivity contribution is -0.373. The van der Waals surface area contributed by atoms with Gasteiger partial charge in [-0.1, -0.05) is 44.2 Å². The van der Waals surface area contributed by atoms with Crippen molar-refractivity contribution in [3.05, 3.63) is 48.2 Å². The highest BCUT2D eigenvalue weighted by molar-refractivity contribution is 5.24. The molecular weight excluding hydrogens is 228 g/mol. The van der Waals surface area contributed by atoms with Gasteiger partial charge < -0.3 is 9.62 Å². The second-order valence-electron chi connectivity index (χ2n) is 4.42. The fourth-order valence-electron chi connectivity index (χ4n) is 2.30. The Bertz CT molecular complexity index is 388. The summed E-state index contributed by atoms with van der Waals surface area (Å²) in [5, 5.41) is 0. The van der Waals surface area contributed by atoms with Crippen LogP contribution in [0.4, 0.5) is 0 Å². The molecule has 0 amide bonds. The Labute approximate surface area is 108 Å². The summed E-state index contributed by atoms with van der Waals surface area (Å²) < 4.78 is 5.91. The Morgan fingerprint density at radius 3 is 2.56 bits per heavy atom. The highest BCUT2D eigenvalue weighted by Crippen LogP contribution is 2.39. The maximum atomic E-state index is 5.91. The lowest BCUT2D eigenvalue weighted by atomic mass is 9.88. The molecule has 0 N–H and O–H groups in total. The van der Waals surface area contributed by atoms with Crippen molar-refractivity contribution in [1.29, 1.82) is 0 Å². The topological polar surface area (TPSA) is 27.7 Å². The highest BCUT2D eigenvalue weighted by atomic mass is 17.2. The molecule has 1 heterocycles. The molecule has 0 saturated carbocycles. The van der Waals surface area contributed by atoms with Crippen molar-refractivity contribution in [1.82, 2.24) is 0 Å². The van der Waals surface area contributed by atoms with Gasteiger partial charge >= 0.3 is 0 Å². The van der Waals surface area contributed by atoms with Gasteiger partial charge in [-0.2, -0.15) is 0 Å². The summed E-state index contributed by atoms with van der Waals surface area (Å²) in [4.78, 5) is 10.4. The smallest absolute Gasteiger partial charge is 0.242 e. The number of ether oxygens (including phenoxy) is 1. The average Bonchev–Trinajstić information content (AvgIpc) is 2.88. The standard InChI is InChI=1S/C15H20O3/c1-3-11-16-15(10-12-17-18-15)14(4-2)13-8-6-5-7-9-13/h5-10,12,14H,3-4,11H2,1-2H3. The molecule has 3 nitrogen and oxygen atoms in total. The molecule has 0 aliphatic carbocycles. The average molecular weight is 248 g/mol. The van der Waals surface area contributed by atoms with Crippen molar-refractivity contribution in [2.24, 2.45) is 0 Å². The fraction of sp³-hybridized carbons (Fsp3) is 0.467. The predicted molar refractivity (Wildman–Crippen MR) is 69.8 cm³/mol. The van der Waals surface area contributed by atoms with Gasteiger partial charge in [-0.25, -0.2) is 0 Å². The molecule has 18 heavy (non-hydrogen) atoms. The van der Waals surface area contributed by atoms with Crippen LogP contribution in [0.15, 0.2) is 42.7 Å². The molecule has 98 valence electrons. The summed E-state index contributed by atoms with van der Waals surface area (Å²) in [5.41, 5.74) is 1.20. The third-order valence-electron chi connectivity index (χ3n) is 3.16. The van der Waals surface area contributed by atoms with Gasteiger partial charge in [0.1, 0.15) is 6.26 Å². The molecule has 0 radical (unpaired) electrons. The second-order valence-corrected chi connectivity index (χ2v) is 4.42. The van der Waals surface area contributed by atoms with Crippen LogP contribution >= 0.6 is 0 Å². The molecule has 0 aromatic heterocycles. The predicted octanol–water partition coefficient (Wildman–Crippen LogP) is 3.78. The molecule has 1 aromatic rings. The third kappa shape index (κ3) is 2.57. The van der Waals surface area contributed by atoms with Gasteiger partial charge in [0.15, 0.2) is 0 Å². The monoisotopic (exact) mass is 248 g/mol. The molecule has 2 rings (SSSR count). The first kappa shape index (κ1) is 13.1. The second kappa shape index (κ2) is 6.03. The minimum atomic E-state index is -0.786. The Morgan fingerprint density at radius 1 is 1.22 bits per heavy atom. The van der Waals surface area contributed by atoms with Crippen LogP contribution in [0.2, 0.25) is 0 Å². The van der Waals surface area contributed by atoms with E-state index in [9.17, 15) is 0 Å². The van der Waals surface area contributed by atoms with Crippen molar-refractivity contribution in [3.8, 4) is 0 Å². The molecule has 0 bridgehead atoms. The maximum Gasteiger partial charge on any atom is 0.242 e. The van der Waals surface area contributed by atoms with Crippen molar-refractivity contribution >= 4 is 0 Å². The first-order valence-electron chi connectivity index (χ1n) is 6.53. The van der Waals surface area contributed by atoms with E-state index in [4.69, 9.17) is 14.5 Å². The van der Waals surface area contributed by atoms with E-state index in [-0.39, 0.29) is 5.92 Å². The Hall–Kier alpha value is -1.32. The zero-order chi connectivity index (χ0) is 12.8. The van der Waals surface area contributed by atoms with Gasteiger partial charge in [0, 0.05) is 12.0 Å². The van der Waals surface area contributed by atoms with Gasteiger partial charge in [-0.3, -0.25) is 0 Å². The van der Waals surface area contributed by atoms with Crippen LogP contribution in [-0.2, 0) is 14.5 Å². The molecule has 2 unspecified atom stereocenters. The zero-order valence-electron chi connectivity index (χ0n) is 11.0. The molecule has 1 aromatic carbocycles. The SMILES string of the molecule is CCCOC1(C(CC)c2ccccc2)C=COO1. The van der Waals surface area contributed by atoms with E-state index in [0.29, 0.717) is 6.61 Å². The third-order valence-corrected chi connectivity index (χ3v) is 3.16. The maximum absolute atomic E-state index is 5.91. The van der Waals surface area contributed by atoms with Crippen LogP contribution in [0, 0.1) is 0 Å². The highest BCUT2D eigenvalue weighted by Gasteiger charge is 2.43. The minimum absolute atomic E-state index is 0.129. The molecule has 0 saturated heterocycles. The summed E-state index contributed by atoms with van der Waals surface area (Å²) in [6.07, 6.45) is 5.29. The summed E-state index contributed by atoms with van der Waals surface area (Å²) in [5.74, 6) is -0.657. The van der Waals surface area contributed by atoms with Crippen LogP contribution in [0.1, 0.15) is 38.2 Å². The zero-order valence-corrected chi connectivity index (χ0v) is 11.0. The van der Waals surface area contributed by atoms with Crippen molar-refractivity contribution < 1.29 is 14.5 Å². The minimum Gasteiger partial charge on any atom is -0.343 e. The van der Waals surface area contributed by atoms with E-state index in [1.54, 1.807) is 6.26 Å². The lowest BCUT2D eigenvalue weighted by Crippen LogP contribution is -2.38. The van der Waals surface area contributed by atoms with Crippen molar-refractivity contribution in [2.75, 3.05) is 6.61 Å². The van der Waals surface area contributed by atoms with E-state index in [2.05, 4.69) is 26.0 Å². The van der Waals surface area contributed by atoms with Gasteiger partial charge in [-0.05, 0) is 18.4 Å². The molecule has 1 aliphatic heterocycles. The Morgan fingerprint density at radius 2 is 2.00 bits per heavy atom. The molecule has 3 heteroatoms. The van der Waals surface area contributed by atoms with E-state index >= 15 is 0 Å². The number of rotatable bonds is 6. The molecule has 2 atom stereocenters. The number of hydrogen-bond donors (Lipinski definition) is 0. The van der Waals surface area contributed by atoms with Gasteiger partial charge in [0.25, 0.3) is 0 Å². The normalized spacial score (nSPS) is 23.9. The molecule has 0 spiro atoms. The van der Waals surface area contributed by atoms with Gasteiger partial charge in [0.05, 0.1) is 6.61 Å². The summed E-state index contributed by atoms with van der Waals surface area (Å²) in [6, 6.07) is 10.3. The van der Waals surface area contributed by atoms with Gasteiger partial charge in [-0.15, -0.1) is 4.89 Å². The summed E-state index contributed by atoms with van der Waals surface area (Å²) in [6.45, 7) is 4.86. The van der Waals surface area contributed by atoms with E-state index < -0.39 is 5.79 Å². The van der Waals surface area contributed by atoms with E-state index in [1.807, 2.05) is 24.3 Å². The Kier molecular flexibility index (Phi) is 4.39. The largest absolute Gasteiger partial charge is 0.343 e. The summed E-state index contributed by atoms with van der Waals surface area (Å²) in [7, 11) is 0. The lowest BCUT2D eigenvalue weighted by Gasteiger charge is -2.32. The first-order chi connectivity index (χ1) is 8.82. The molecule has 0 fully saturated rings. The van der Waals surface area contributed by atoms with Crippen molar-refractivity contribution in [2.45, 2.75) is 38.4 Å². The van der Waals surface area contributed by atoms with Crippen LogP contribution in [0.25, 0.3) is 0 Å². The van der Waals surface area contributed by atoms with E-state index in [1.165, 1.54) is 5.56 Å². The number of hydrogen-bond acceptors (Lipinski definition) is 3. The molecule has 1 aliphatic rings. The fourth-order valence-corrected chi connectivity index (χ4v) is 2.30. The summed E-state index contributed by atoms with van der Waals surface area (Å²) >= 11 is 0. The van der Waals surface area contributed by atoms with Gasteiger partial charge in [0.2, 0.25) is 5.79 Å². The van der Waals surface area contributed by atoms with Crippen LogP contribution < -0.4 is 0 Å². The van der Waals surface area contributed by atoms with Crippen LogP contribution in [0.3, 0.4) is 0 Å². The van der Waals surface area contributed by atoms with Crippen LogP contribution in [-0.4, -0.2) is 12.4 Å². The number of benzene rings is 1. The van der Waals surface area contributed by atoms with Crippen molar-refractivity contribution in [3.63, 3.8) is 0 Å². The van der Waals surface area contributed by atoms with E-state index in [0.717, 1.165) is 12.8 Å². The van der Waals surface area contributed by atoms with Crippen LogP contribution in [0.5, 0.6) is 0 Å². The Balaban J connectivity index is 2.25.